The van der Waals surface area contributed by atoms with Crippen LogP contribution >= 0.6 is 15.9 Å². The van der Waals surface area contributed by atoms with Crippen molar-refractivity contribution in [3.63, 3.8) is 0 Å². The third-order valence-corrected chi connectivity index (χ3v) is 4.37. The maximum Gasteiger partial charge on any atom is 0.0178 e. The summed E-state index contributed by atoms with van der Waals surface area (Å²) in [5, 5.41) is 0. The molecule has 0 aromatic heterocycles. The Labute approximate surface area is 94.8 Å². The number of benzene rings is 1. The van der Waals surface area contributed by atoms with Gasteiger partial charge in [-0.05, 0) is 47.4 Å². The summed E-state index contributed by atoms with van der Waals surface area (Å²) in [6.07, 6.45) is 2.55. The summed E-state index contributed by atoms with van der Waals surface area (Å²) in [5.74, 6) is 0.720. The number of fused-ring (bicyclic) bond motifs is 1. The van der Waals surface area contributed by atoms with Crippen LogP contribution in [0.1, 0.15) is 38.3 Å². The molecule has 0 aliphatic heterocycles. The average molecular weight is 253 g/mol. The predicted molar refractivity (Wildman–Crippen MR) is 64.7 cm³/mol. The molecule has 0 amide bonds. The van der Waals surface area contributed by atoms with Crippen molar-refractivity contribution in [2.45, 2.75) is 39.0 Å². The van der Waals surface area contributed by atoms with E-state index >= 15 is 0 Å². The van der Waals surface area contributed by atoms with E-state index < -0.39 is 0 Å². The summed E-state index contributed by atoms with van der Waals surface area (Å²) in [4.78, 5) is 0. The van der Waals surface area contributed by atoms with Crippen molar-refractivity contribution >= 4 is 15.9 Å². The number of hydrogen-bond donors (Lipinski definition) is 0. The van der Waals surface area contributed by atoms with Crippen LogP contribution in [0.15, 0.2) is 22.7 Å². The highest BCUT2D eigenvalue weighted by atomic mass is 79.9. The maximum atomic E-state index is 3.57. The fourth-order valence-corrected chi connectivity index (χ4v) is 2.79. The first-order chi connectivity index (χ1) is 6.54. The Morgan fingerprint density at radius 1 is 1.36 bits per heavy atom. The average Bonchev–Trinajstić information content (AvgIpc) is 2.46. The zero-order chi connectivity index (χ0) is 10.3. The van der Waals surface area contributed by atoms with E-state index in [0.29, 0.717) is 5.41 Å². The van der Waals surface area contributed by atoms with Gasteiger partial charge < -0.3 is 0 Å². The molecule has 0 saturated carbocycles. The fourth-order valence-electron chi connectivity index (χ4n) is 2.43. The van der Waals surface area contributed by atoms with Gasteiger partial charge in [-0.1, -0.05) is 42.8 Å². The lowest BCUT2D eigenvalue weighted by Crippen LogP contribution is -2.25. The van der Waals surface area contributed by atoms with Gasteiger partial charge in [0.05, 0.1) is 0 Å². The Kier molecular flexibility index (Phi) is 2.46. The van der Waals surface area contributed by atoms with Crippen LogP contribution in [0.3, 0.4) is 0 Å². The van der Waals surface area contributed by atoms with E-state index in [4.69, 9.17) is 0 Å². The van der Waals surface area contributed by atoms with Gasteiger partial charge in [0.15, 0.2) is 0 Å². The first-order valence-electron chi connectivity index (χ1n) is 5.33. The minimum absolute atomic E-state index is 0.388. The van der Waals surface area contributed by atoms with E-state index in [0.717, 1.165) is 5.92 Å². The maximum absolute atomic E-state index is 3.57. The SMILES string of the molecule is CC(C)C1(C)CCc2ccc(Br)cc21. The van der Waals surface area contributed by atoms with Crippen LogP contribution in [0.4, 0.5) is 0 Å². The standard InChI is InChI=1S/C13H17Br/c1-9(2)13(3)7-6-10-4-5-11(14)8-12(10)13/h4-5,8-9H,6-7H2,1-3H3. The van der Waals surface area contributed by atoms with Crippen molar-refractivity contribution in [3.8, 4) is 0 Å². The predicted octanol–water partition coefficient (Wildman–Crippen LogP) is 4.31. The molecule has 0 fully saturated rings. The second-order valence-corrected chi connectivity index (χ2v) is 5.79. The molecule has 1 unspecified atom stereocenters. The van der Waals surface area contributed by atoms with Gasteiger partial charge >= 0.3 is 0 Å². The molecule has 1 aliphatic rings. The Hall–Kier alpha value is -0.300. The third kappa shape index (κ3) is 1.42. The van der Waals surface area contributed by atoms with Gasteiger partial charge in [0, 0.05) is 4.47 Å². The van der Waals surface area contributed by atoms with E-state index in [9.17, 15) is 0 Å². The van der Waals surface area contributed by atoms with E-state index in [1.54, 1.807) is 11.1 Å². The number of halogens is 1. The van der Waals surface area contributed by atoms with Crippen LogP contribution in [0.5, 0.6) is 0 Å². The molecular formula is C13H17Br. The molecule has 0 radical (unpaired) electrons. The minimum Gasteiger partial charge on any atom is -0.0619 e. The fraction of sp³-hybridized carbons (Fsp3) is 0.538. The highest BCUT2D eigenvalue weighted by Gasteiger charge is 2.36. The molecule has 0 bridgehead atoms. The summed E-state index contributed by atoms with van der Waals surface area (Å²) in [6, 6.07) is 6.74. The molecule has 1 aliphatic carbocycles. The molecule has 1 aromatic carbocycles. The van der Waals surface area contributed by atoms with Crippen LogP contribution in [-0.2, 0) is 11.8 Å². The van der Waals surface area contributed by atoms with E-state index in [1.165, 1.54) is 17.3 Å². The van der Waals surface area contributed by atoms with Crippen LogP contribution in [0.25, 0.3) is 0 Å². The molecule has 0 spiro atoms. The zero-order valence-electron chi connectivity index (χ0n) is 9.10. The Morgan fingerprint density at radius 3 is 2.71 bits per heavy atom. The third-order valence-electron chi connectivity index (χ3n) is 3.88. The summed E-state index contributed by atoms with van der Waals surface area (Å²) < 4.78 is 1.21. The van der Waals surface area contributed by atoms with Crippen molar-refractivity contribution < 1.29 is 0 Å². The first-order valence-corrected chi connectivity index (χ1v) is 6.12. The van der Waals surface area contributed by atoms with Gasteiger partial charge in [-0.3, -0.25) is 0 Å². The highest BCUT2D eigenvalue weighted by Crippen LogP contribution is 2.44. The van der Waals surface area contributed by atoms with E-state index in [2.05, 4.69) is 54.9 Å². The molecule has 1 aromatic rings. The summed E-state index contributed by atoms with van der Waals surface area (Å²) in [6.45, 7) is 7.06. The molecule has 14 heavy (non-hydrogen) atoms. The van der Waals surface area contributed by atoms with Crippen molar-refractivity contribution in [1.82, 2.24) is 0 Å². The molecule has 2 rings (SSSR count). The normalized spacial score (nSPS) is 25.5. The van der Waals surface area contributed by atoms with Crippen LogP contribution < -0.4 is 0 Å². The van der Waals surface area contributed by atoms with Gasteiger partial charge in [0.25, 0.3) is 0 Å². The van der Waals surface area contributed by atoms with Crippen molar-refractivity contribution in [2.24, 2.45) is 5.92 Å². The smallest absolute Gasteiger partial charge is 0.0178 e. The molecule has 0 saturated heterocycles. The van der Waals surface area contributed by atoms with Crippen molar-refractivity contribution in [3.05, 3.63) is 33.8 Å². The number of hydrogen-bond acceptors (Lipinski definition) is 0. The molecule has 1 heteroatoms. The van der Waals surface area contributed by atoms with Crippen LogP contribution in [0.2, 0.25) is 0 Å². The largest absolute Gasteiger partial charge is 0.0619 e. The van der Waals surface area contributed by atoms with Crippen molar-refractivity contribution in [1.29, 1.82) is 0 Å². The van der Waals surface area contributed by atoms with E-state index in [1.807, 2.05) is 0 Å². The Bertz CT molecular complexity index is 354. The summed E-state index contributed by atoms with van der Waals surface area (Å²) in [5.41, 5.74) is 3.49. The first kappa shape index (κ1) is 10.2. The number of aryl methyl sites for hydroxylation is 1. The Balaban J connectivity index is 2.52. The van der Waals surface area contributed by atoms with Crippen LogP contribution in [0, 0.1) is 5.92 Å². The molecule has 0 N–H and O–H groups in total. The monoisotopic (exact) mass is 252 g/mol. The van der Waals surface area contributed by atoms with Crippen LogP contribution in [-0.4, -0.2) is 0 Å². The second kappa shape index (κ2) is 3.37. The zero-order valence-corrected chi connectivity index (χ0v) is 10.7. The van der Waals surface area contributed by atoms with Gasteiger partial charge in [0.1, 0.15) is 0 Å². The molecular weight excluding hydrogens is 236 g/mol. The lowest BCUT2D eigenvalue weighted by Gasteiger charge is -2.30. The second-order valence-electron chi connectivity index (χ2n) is 4.87. The highest BCUT2D eigenvalue weighted by molar-refractivity contribution is 9.10. The van der Waals surface area contributed by atoms with E-state index in [-0.39, 0.29) is 0 Å². The van der Waals surface area contributed by atoms with Crippen molar-refractivity contribution in [2.75, 3.05) is 0 Å². The molecule has 0 heterocycles. The molecule has 1 atom stereocenters. The minimum atomic E-state index is 0.388. The van der Waals surface area contributed by atoms with Gasteiger partial charge in [0.2, 0.25) is 0 Å². The summed E-state index contributed by atoms with van der Waals surface area (Å²) >= 11 is 3.57. The summed E-state index contributed by atoms with van der Waals surface area (Å²) in [7, 11) is 0. The molecule has 76 valence electrons. The topological polar surface area (TPSA) is 0 Å². The van der Waals surface area contributed by atoms with Gasteiger partial charge in [-0.2, -0.15) is 0 Å². The quantitative estimate of drug-likeness (QED) is 0.699. The lowest BCUT2D eigenvalue weighted by molar-refractivity contribution is 0.337. The van der Waals surface area contributed by atoms with Gasteiger partial charge in [-0.25, -0.2) is 0 Å². The number of rotatable bonds is 1. The Morgan fingerprint density at radius 2 is 2.07 bits per heavy atom. The lowest BCUT2D eigenvalue weighted by atomic mass is 9.74. The molecule has 0 nitrogen and oxygen atoms in total. The van der Waals surface area contributed by atoms with Gasteiger partial charge in [-0.15, -0.1) is 0 Å².